The lowest BCUT2D eigenvalue weighted by molar-refractivity contribution is 0.233. The van der Waals surface area contributed by atoms with E-state index in [9.17, 15) is 0 Å². The zero-order valence-electron chi connectivity index (χ0n) is 9.61. The fourth-order valence-electron chi connectivity index (χ4n) is 2.47. The van der Waals surface area contributed by atoms with Gasteiger partial charge in [-0.2, -0.15) is 0 Å². The van der Waals surface area contributed by atoms with Crippen LogP contribution in [0.25, 0.3) is 0 Å². The van der Waals surface area contributed by atoms with E-state index in [4.69, 9.17) is 0 Å². The van der Waals surface area contributed by atoms with E-state index in [1.165, 1.54) is 37.8 Å². The SMILES string of the molecule is BrCCCC1CCCN1Cc1cccnc1. The lowest BCUT2D eigenvalue weighted by atomic mass is 10.1. The highest BCUT2D eigenvalue weighted by Gasteiger charge is 2.23. The van der Waals surface area contributed by atoms with Gasteiger partial charge in [-0.3, -0.25) is 9.88 Å². The van der Waals surface area contributed by atoms with E-state index < -0.39 is 0 Å². The van der Waals surface area contributed by atoms with Gasteiger partial charge in [0.1, 0.15) is 0 Å². The molecule has 1 aliphatic heterocycles. The first-order valence-electron chi connectivity index (χ1n) is 6.09. The molecule has 3 heteroatoms. The molecule has 88 valence electrons. The fourth-order valence-corrected chi connectivity index (χ4v) is 2.79. The number of likely N-dealkylation sites (tertiary alicyclic amines) is 1. The zero-order valence-corrected chi connectivity index (χ0v) is 11.2. The molecule has 1 fully saturated rings. The van der Waals surface area contributed by atoms with Crippen molar-refractivity contribution in [2.75, 3.05) is 11.9 Å². The molecule has 0 saturated carbocycles. The van der Waals surface area contributed by atoms with Crippen LogP contribution in [0.1, 0.15) is 31.2 Å². The molecule has 16 heavy (non-hydrogen) atoms. The van der Waals surface area contributed by atoms with Crippen LogP contribution in [0.4, 0.5) is 0 Å². The second-order valence-corrected chi connectivity index (χ2v) is 5.25. The van der Waals surface area contributed by atoms with Crippen LogP contribution in [0, 0.1) is 0 Å². The van der Waals surface area contributed by atoms with Crippen LogP contribution < -0.4 is 0 Å². The van der Waals surface area contributed by atoms with Crippen LogP contribution in [0.2, 0.25) is 0 Å². The van der Waals surface area contributed by atoms with E-state index in [0.29, 0.717) is 0 Å². The highest BCUT2D eigenvalue weighted by molar-refractivity contribution is 9.09. The van der Waals surface area contributed by atoms with Crippen LogP contribution in [-0.2, 0) is 6.54 Å². The molecule has 1 saturated heterocycles. The average molecular weight is 283 g/mol. The minimum atomic E-state index is 0.790. The summed E-state index contributed by atoms with van der Waals surface area (Å²) in [6, 6.07) is 4.99. The molecule has 2 nitrogen and oxygen atoms in total. The van der Waals surface area contributed by atoms with E-state index in [0.717, 1.165) is 17.9 Å². The van der Waals surface area contributed by atoms with Crippen LogP contribution in [0.15, 0.2) is 24.5 Å². The summed E-state index contributed by atoms with van der Waals surface area (Å²) in [4.78, 5) is 6.79. The fraction of sp³-hybridized carbons (Fsp3) is 0.615. The topological polar surface area (TPSA) is 16.1 Å². The minimum Gasteiger partial charge on any atom is -0.296 e. The third-order valence-electron chi connectivity index (χ3n) is 3.28. The van der Waals surface area contributed by atoms with E-state index in [1.807, 2.05) is 18.5 Å². The molecule has 0 bridgehead atoms. The summed E-state index contributed by atoms with van der Waals surface area (Å²) in [5.41, 5.74) is 1.34. The van der Waals surface area contributed by atoms with Gasteiger partial charge in [-0.1, -0.05) is 22.0 Å². The summed E-state index contributed by atoms with van der Waals surface area (Å²) in [6.45, 7) is 2.32. The summed E-state index contributed by atoms with van der Waals surface area (Å²) < 4.78 is 0. The maximum atomic E-state index is 4.18. The molecule has 2 rings (SSSR count). The Balaban J connectivity index is 1.88. The van der Waals surface area contributed by atoms with E-state index >= 15 is 0 Å². The van der Waals surface area contributed by atoms with Gasteiger partial charge >= 0.3 is 0 Å². The number of pyridine rings is 1. The molecule has 2 heterocycles. The van der Waals surface area contributed by atoms with Gasteiger partial charge in [-0.25, -0.2) is 0 Å². The summed E-state index contributed by atoms with van der Waals surface area (Å²) in [7, 11) is 0. The number of rotatable bonds is 5. The molecule has 1 aliphatic rings. The molecular formula is C13H19BrN2. The molecule has 0 aliphatic carbocycles. The number of hydrogen-bond donors (Lipinski definition) is 0. The summed E-state index contributed by atoms with van der Waals surface area (Å²) in [6.07, 6.45) is 9.16. The maximum absolute atomic E-state index is 4.18. The van der Waals surface area contributed by atoms with E-state index in [2.05, 4.69) is 31.9 Å². The van der Waals surface area contributed by atoms with Crippen molar-refractivity contribution in [3.8, 4) is 0 Å². The van der Waals surface area contributed by atoms with Crippen LogP contribution in [0.5, 0.6) is 0 Å². The van der Waals surface area contributed by atoms with Gasteiger partial charge in [0.25, 0.3) is 0 Å². The standard InChI is InChI=1S/C13H19BrN2/c14-7-1-5-13-6-3-9-16(13)11-12-4-2-8-15-10-12/h2,4,8,10,13H,1,3,5-7,9,11H2. The largest absolute Gasteiger partial charge is 0.296 e. The number of aromatic nitrogens is 1. The Kier molecular flexibility index (Phi) is 4.79. The zero-order chi connectivity index (χ0) is 11.2. The summed E-state index contributed by atoms with van der Waals surface area (Å²) in [5, 5.41) is 1.13. The third-order valence-corrected chi connectivity index (χ3v) is 3.84. The van der Waals surface area contributed by atoms with Crippen molar-refractivity contribution in [2.45, 2.75) is 38.3 Å². The normalized spacial score (nSPS) is 21.4. The van der Waals surface area contributed by atoms with Gasteiger partial charge in [-0.05, 0) is 43.9 Å². The van der Waals surface area contributed by atoms with Gasteiger partial charge in [0, 0.05) is 30.3 Å². The number of halogens is 1. The van der Waals surface area contributed by atoms with Crippen molar-refractivity contribution in [3.05, 3.63) is 30.1 Å². The first-order chi connectivity index (χ1) is 7.90. The van der Waals surface area contributed by atoms with Crippen molar-refractivity contribution in [1.82, 2.24) is 9.88 Å². The highest BCUT2D eigenvalue weighted by Crippen LogP contribution is 2.23. The van der Waals surface area contributed by atoms with Crippen LogP contribution >= 0.6 is 15.9 Å². The average Bonchev–Trinajstić information content (AvgIpc) is 2.75. The first-order valence-corrected chi connectivity index (χ1v) is 7.21. The van der Waals surface area contributed by atoms with Crippen molar-refractivity contribution < 1.29 is 0 Å². The lowest BCUT2D eigenvalue weighted by Crippen LogP contribution is -2.28. The molecular weight excluding hydrogens is 264 g/mol. The number of alkyl halides is 1. The minimum absolute atomic E-state index is 0.790. The summed E-state index contributed by atoms with van der Waals surface area (Å²) in [5.74, 6) is 0. The lowest BCUT2D eigenvalue weighted by Gasteiger charge is -2.24. The molecule has 1 unspecified atom stereocenters. The Bertz CT molecular complexity index is 302. The third kappa shape index (κ3) is 3.29. The van der Waals surface area contributed by atoms with Crippen molar-refractivity contribution in [2.24, 2.45) is 0 Å². The Labute approximate surface area is 106 Å². The maximum Gasteiger partial charge on any atom is 0.0312 e. The molecule has 0 spiro atoms. The van der Waals surface area contributed by atoms with E-state index in [1.54, 1.807) is 0 Å². The molecule has 1 aromatic rings. The summed E-state index contributed by atoms with van der Waals surface area (Å²) >= 11 is 3.51. The van der Waals surface area contributed by atoms with Crippen molar-refractivity contribution in [1.29, 1.82) is 0 Å². The number of nitrogens with zero attached hydrogens (tertiary/aromatic N) is 2. The second kappa shape index (κ2) is 6.36. The Hall–Kier alpha value is -0.410. The Morgan fingerprint density at radius 2 is 2.44 bits per heavy atom. The highest BCUT2D eigenvalue weighted by atomic mass is 79.9. The van der Waals surface area contributed by atoms with Gasteiger partial charge in [0.2, 0.25) is 0 Å². The predicted octanol–water partition coefficient (Wildman–Crippen LogP) is 3.22. The number of hydrogen-bond acceptors (Lipinski definition) is 2. The van der Waals surface area contributed by atoms with Crippen LogP contribution in [0.3, 0.4) is 0 Å². The van der Waals surface area contributed by atoms with Crippen molar-refractivity contribution >= 4 is 15.9 Å². The molecule has 0 amide bonds. The molecule has 0 N–H and O–H groups in total. The smallest absolute Gasteiger partial charge is 0.0312 e. The monoisotopic (exact) mass is 282 g/mol. The molecule has 0 radical (unpaired) electrons. The molecule has 0 aromatic carbocycles. The van der Waals surface area contributed by atoms with Gasteiger partial charge in [0.05, 0.1) is 0 Å². The first kappa shape index (κ1) is 12.1. The van der Waals surface area contributed by atoms with Gasteiger partial charge in [-0.15, -0.1) is 0 Å². The predicted molar refractivity (Wildman–Crippen MR) is 70.7 cm³/mol. The van der Waals surface area contributed by atoms with Gasteiger partial charge in [0.15, 0.2) is 0 Å². The van der Waals surface area contributed by atoms with Crippen LogP contribution in [-0.4, -0.2) is 27.8 Å². The van der Waals surface area contributed by atoms with Gasteiger partial charge < -0.3 is 0 Å². The Morgan fingerprint density at radius 1 is 1.50 bits per heavy atom. The van der Waals surface area contributed by atoms with Crippen molar-refractivity contribution in [3.63, 3.8) is 0 Å². The quantitative estimate of drug-likeness (QED) is 0.771. The second-order valence-electron chi connectivity index (χ2n) is 4.46. The molecule has 1 atom stereocenters. The molecule has 1 aromatic heterocycles. The Morgan fingerprint density at radius 3 is 3.19 bits per heavy atom. The van der Waals surface area contributed by atoms with E-state index in [-0.39, 0.29) is 0 Å².